The number of aromatic amines is 1. The number of pyridine rings is 1. The monoisotopic (exact) mass is 271 g/mol. The number of hydrogen-bond acceptors (Lipinski definition) is 1. The molecule has 0 unspecified atom stereocenters. The summed E-state index contributed by atoms with van der Waals surface area (Å²) in [4.78, 5) is 13.2. The van der Waals surface area contributed by atoms with Crippen molar-refractivity contribution in [3.05, 3.63) is 32.2 Å². The third-order valence-electron chi connectivity index (χ3n) is 1.48. The van der Waals surface area contributed by atoms with Crippen molar-refractivity contribution >= 4 is 27.5 Å². The molecule has 1 heterocycles. The highest BCUT2D eigenvalue weighted by molar-refractivity contribution is 9.10. The fraction of sp³-hybridized carbons (Fsp3) is 0.286. The first-order valence-electron chi connectivity index (χ1n) is 3.32. The van der Waals surface area contributed by atoms with Crippen LogP contribution >= 0.6 is 27.5 Å². The standard InChI is InChI=1S/C7H5BrClF2NO/c8-4-1-3(6(10)11)5(2-9)12-7(4)13/h1,6H,2H2,(H,12,13). The lowest BCUT2D eigenvalue weighted by Gasteiger charge is -2.05. The highest BCUT2D eigenvalue weighted by Crippen LogP contribution is 2.23. The van der Waals surface area contributed by atoms with Crippen LogP contribution in [0.3, 0.4) is 0 Å². The van der Waals surface area contributed by atoms with Gasteiger partial charge in [0.15, 0.2) is 0 Å². The Bertz CT molecular complexity index is 366. The first-order valence-corrected chi connectivity index (χ1v) is 4.64. The van der Waals surface area contributed by atoms with Crippen LogP contribution in [-0.4, -0.2) is 4.98 Å². The fourth-order valence-electron chi connectivity index (χ4n) is 0.863. The Kier molecular flexibility index (Phi) is 3.44. The van der Waals surface area contributed by atoms with Gasteiger partial charge in [0, 0.05) is 11.3 Å². The van der Waals surface area contributed by atoms with E-state index in [4.69, 9.17) is 11.6 Å². The SMILES string of the molecule is O=c1[nH]c(CCl)c(C(F)F)cc1Br. The zero-order chi connectivity index (χ0) is 10.0. The minimum atomic E-state index is -2.64. The average Bonchev–Trinajstić information content (AvgIpc) is 2.08. The van der Waals surface area contributed by atoms with Gasteiger partial charge in [0.2, 0.25) is 0 Å². The molecule has 6 heteroatoms. The first kappa shape index (κ1) is 10.7. The fourth-order valence-corrected chi connectivity index (χ4v) is 1.43. The molecule has 0 spiro atoms. The molecule has 0 saturated heterocycles. The van der Waals surface area contributed by atoms with Crippen LogP contribution < -0.4 is 5.56 Å². The van der Waals surface area contributed by atoms with Crippen LogP contribution in [0.5, 0.6) is 0 Å². The molecule has 0 aliphatic rings. The molecule has 1 N–H and O–H groups in total. The van der Waals surface area contributed by atoms with Crippen LogP contribution in [0.4, 0.5) is 8.78 Å². The maximum atomic E-state index is 12.3. The zero-order valence-corrected chi connectivity index (χ0v) is 8.62. The van der Waals surface area contributed by atoms with Gasteiger partial charge in [-0.3, -0.25) is 4.79 Å². The van der Waals surface area contributed by atoms with E-state index >= 15 is 0 Å². The molecule has 1 rings (SSSR count). The van der Waals surface area contributed by atoms with Gasteiger partial charge in [-0.15, -0.1) is 11.6 Å². The lowest BCUT2D eigenvalue weighted by atomic mass is 10.2. The molecule has 0 saturated carbocycles. The summed E-state index contributed by atoms with van der Waals surface area (Å²) < 4.78 is 24.7. The molecule has 13 heavy (non-hydrogen) atoms. The first-order chi connectivity index (χ1) is 6.06. The van der Waals surface area contributed by atoms with E-state index < -0.39 is 12.0 Å². The Morgan fingerprint density at radius 2 is 2.23 bits per heavy atom. The molecular formula is C7H5BrClF2NO. The molecule has 0 atom stereocenters. The molecule has 0 bridgehead atoms. The van der Waals surface area contributed by atoms with Crippen LogP contribution in [0.2, 0.25) is 0 Å². The quantitative estimate of drug-likeness (QED) is 0.825. The predicted octanol–water partition coefficient (Wildman–Crippen LogP) is 2.81. The van der Waals surface area contributed by atoms with Gasteiger partial charge in [0.05, 0.1) is 10.4 Å². The summed E-state index contributed by atoms with van der Waals surface area (Å²) in [6, 6.07) is 1.08. The summed E-state index contributed by atoms with van der Waals surface area (Å²) in [7, 11) is 0. The summed E-state index contributed by atoms with van der Waals surface area (Å²) >= 11 is 8.24. The number of nitrogens with one attached hydrogen (secondary N) is 1. The lowest BCUT2D eigenvalue weighted by molar-refractivity contribution is 0.150. The number of rotatable bonds is 2. The molecule has 0 radical (unpaired) electrons. The maximum Gasteiger partial charge on any atom is 0.265 e. The second kappa shape index (κ2) is 4.19. The van der Waals surface area contributed by atoms with Crippen LogP contribution in [0.25, 0.3) is 0 Å². The molecule has 0 aliphatic heterocycles. The van der Waals surface area contributed by atoms with Crippen molar-refractivity contribution in [3.63, 3.8) is 0 Å². The molecule has 0 aromatic carbocycles. The van der Waals surface area contributed by atoms with Gasteiger partial charge in [-0.25, -0.2) is 8.78 Å². The van der Waals surface area contributed by atoms with Gasteiger partial charge in [-0.2, -0.15) is 0 Å². The summed E-state index contributed by atoms with van der Waals surface area (Å²) in [6.45, 7) is 0. The number of H-pyrrole nitrogens is 1. The van der Waals surface area contributed by atoms with Crippen molar-refractivity contribution in [2.24, 2.45) is 0 Å². The van der Waals surface area contributed by atoms with E-state index in [0.29, 0.717) is 0 Å². The lowest BCUT2D eigenvalue weighted by Crippen LogP contribution is -2.11. The van der Waals surface area contributed by atoms with E-state index in [9.17, 15) is 13.6 Å². The second-order valence-electron chi connectivity index (χ2n) is 2.31. The summed E-state index contributed by atoms with van der Waals surface area (Å²) in [6.07, 6.45) is -2.64. The van der Waals surface area contributed by atoms with Crippen molar-refractivity contribution in [1.29, 1.82) is 0 Å². The molecule has 0 aliphatic carbocycles. The maximum absolute atomic E-state index is 12.3. The van der Waals surface area contributed by atoms with Crippen molar-refractivity contribution in [3.8, 4) is 0 Å². The molecule has 72 valence electrons. The summed E-state index contributed by atoms with van der Waals surface area (Å²) in [5.74, 6) is -0.137. The van der Waals surface area contributed by atoms with E-state index in [-0.39, 0.29) is 21.6 Å². The largest absolute Gasteiger partial charge is 0.324 e. The van der Waals surface area contributed by atoms with Crippen LogP contribution in [-0.2, 0) is 5.88 Å². The number of hydrogen-bond donors (Lipinski definition) is 1. The molecule has 1 aromatic heterocycles. The molecular weight excluding hydrogens is 267 g/mol. The van der Waals surface area contributed by atoms with Gasteiger partial charge in [-0.05, 0) is 22.0 Å². The van der Waals surface area contributed by atoms with Gasteiger partial charge in [-0.1, -0.05) is 0 Å². The van der Waals surface area contributed by atoms with Crippen LogP contribution in [0, 0.1) is 0 Å². The van der Waals surface area contributed by atoms with Crippen molar-refractivity contribution in [2.75, 3.05) is 0 Å². The topological polar surface area (TPSA) is 32.9 Å². The Balaban J connectivity index is 3.33. The van der Waals surface area contributed by atoms with Gasteiger partial charge >= 0.3 is 0 Å². The van der Waals surface area contributed by atoms with Gasteiger partial charge in [0.1, 0.15) is 0 Å². The number of aromatic nitrogens is 1. The second-order valence-corrected chi connectivity index (χ2v) is 3.44. The normalized spacial score (nSPS) is 10.8. The third kappa shape index (κ3) is 2.28. The minimum Gasteiger partial charge on any atom is -0.324 e. The predicted molar refractivity (Wildman–Crippen MR) is 49.3 cm³/mol. The van der Waals surface area contributed by atoms with E-state index in [2.05, 4.69) is 20.9 Å². The highest BCUT2D eigenvalue weighted by Gasteiger charge is 2.14. The smallest absolute Gasteiger partial charge is 0.265 e. The Labute approximate surface area is 86.0 Å². The molecule has 2 nitrogen and oxygen atoms in total. The van der Waals surface area contributed by atoms with Crippen molar-refractivity contribution in [2.45, 2.75) is 12.3 Å². The third-order valence-corrected chi connectivity index (χ3v) is 2.34. The molecule has 0 amide bonds. The van der Waals surface area contributed by atoms with Gasteiger partial charge in [0.25, 0.3) is 12.0 Å². The summed E-state index contributed by atoms with van der Waals surface area (Å²) in [5, 5.41) is 0. The van der Waals surface area contributed by atoms with Crippen molar-refractivity contribution in [1.82, 2.24) is 4.98 Å². The van der Waals surface area contributed by atoms with E-state index in [1.54, 1.807) is 0 Å². The summed E-state index contributed by atoms with van der Waals surface area (Å²) in [5.41, 5.74) is -0.647. The van der Waals surface area contributed by atoms with Crippen LogP contribution in [0.1, 0.15) is 17.7 Å². The molecule has 1 aromatic rings. The number of halogens is 4. The Morgan fingerprint density at radius 3 is 2.69 bits per heavy atom. The minimum absolute atomic E-state index is 0.0601. The van der Waals surface area contributed by atoms with Gasteiger partial charge < -0.3 is 4.98 Å². The molecule has 0 fully saturated rings. The highest BCUT2D eigenvalue weighted by atomic mass is 79.9. The number of alkyl halides is 3. The van der Waals surface area contributed by atoms with E-state index in [1.807, 2.05) is 0 Å². The zero-order valence-electron chi connectivity index (χ0n) is 6.28. The average molecular weight is 272 g/mol. The Hall–Kier alpha value is -0.420. The van der Waals surface area contributed by atoms with E-state index in [1.165, 1.54) is 0 Å². The Morgan fingerprint density at radius 1 is 1.62 bits per heavy atom. The van der Waals surface area contributed by atoms with Crippen molar-refractivity contribution < 1.29 is 8.78 Å². The van der Waals surface area contributed by atoms with E-state index in [0.717, 1.165) is 6.07 Å². The van der Waals surface area contributed by atoms with Crippen LogP contribution in [0.15, 0.2) is 15.3 Å².